The Hall–Kier alpha value is -2.69. The number of aldehydes is 1. The fourth-order valence-electron chi connectivity index (χ4n) is 1.89. The highest BCUT2D eigenvalue weighted by Gasteiger charge is 2.13. The summed E-state index contributed by atoms with van der Waals surface area (Å²) in [7, 11) is 1.46. The van der Waals surface area contributed by atoms with Crippen molar-refractivity contribution < 1.29 is 14.5 Å². The molecule has 0 heterocycles. The van der Waals surface area contributed by atoms with E-state index in [2.05, 4.69) is 0 Å². The van der Waals surface area contributed by atoms with Crippen molar-refractivity contribution in [3.8, 4) is 16.9 Å². The monoisotopic (exact) mass is 257 g/mol. The highest BCUT2D eigenvalue weighted by atomic mass is 16.6. The Bertz CT molecular complexity index is 637. The maximum Gasteiger partial charge on any atom is 0.270 e. The number of non-ortho nitro benzene ring substituents is 1. The van der Waals surface area contributed by atoms with E-state index in [0.717, 1.165) is 0 Å². The molecule has 0 aromatic heterocycles. The molecule has 0 radical (unpaired) electrons. The summed E-state index contributed by atoms with van der Waals surface area (Å²) >= 11 is 0. The normalized spacial score (nSPS) is 9.95. The maximum atomic E-state index is 11.0. The molecular formula is C14H11NO4. The average molecular weight is 257 g/mol. The first-order chi connectivity index (χ1) is 9.17. The number of benzene rings is 2. The number of nitro benzene ring substituents is 1. The number of carbonyl (C=O) groups is 1. The van der Waals surface area contributed by atoms with Crippen molar-refractivity contribution in [3.05, 3.63) is 58.1 Å². The third kappa shape index (κ3) is 2.44. The summed E-state index contributed by atoms with van der Waals surface area (Å²) < 4.78 is 5.22. The summed E-state index contributed by atoms with van der Waals surface area (Å²) in [6.45, 7) is 0. The minimum atomic E-state index is -0.459. The highest BCUT2D eigenvalue weighted by molar-refractivity contribution is 5.86. The molecule has 2 rings (SSSR count). The smallest absolute Gasteiger partial charge is 0.270 e. The zero-order valence-corrected chi connectivity index (χ0v) is 10.2. The molecule has 0 spiro atoms. The molecule has 0 fully saturated rings. The van der Waals surface area contributed by atoms with Crippen molar-refractivity contribution in [2.75, 3.05) is 7.11 Å². The van der Waals surface area contributed by atoms with Crippen LogP contribution >= 0.6 is 0 Å². The van der Waals surface area contributed by atoms with Crippen molar-refractivity contribution in [1.82, 2.24) is 0 Å². The predicted octanol–water partition coefficient (Wildman–Crippen LogP) is 3.08. The van der Waals surface area contributed by atoms with Crippen LogP contribution in [0, 0.1) is 10.1 Å². The van der Waals surface area contributed by atoms with E-state index in [4.69, 9.17) is 4.74 Å². The van der Waals surface area contributed by atoms with Gasteiger partial charge < -0.3 is 4.74 Å². The van der Waals surface area contributed by atoms with Gasteiger partial charge in [-0.15, -0.1) is 0 Å². The van der Waals surface area contributed by atoms with E-state index in [1.165, 1.54) is 19.2 Å². The number of hydrogen-bond acceptors (Lipinski definition) is 4. The Labute approximate surface area is 109 Å². The fourth-order valence-corrected chi connectivity index (χ4v) is 1.89. The van der Waals surface area contributed by atoms with Crippen LogP contribution in [-0.4, -0.2) is 18.3 Å². The van der Waals surface area contributed by atoms with Gasteiger partial charge in [0.15, 0.2) is 6.29 Å². The number of hydrogen-bond donors (Lipinski definition) is 0. The Balaban J connectivity index is 2.61. The lowest BCUT2D eigenvalue weighted by Gasteiger charge is -2.10. The fraction of sp³-hybridized carbons (Fsp3) is 0.0714. The highest BCUT2D eigenvalue weighted by Crippen LogP contribution is 2.33. The van der Waals surface area contributed by atoms with Gasteiger partial charge in [0.05, 0.1) is 17.6 Å². The molecule has 0 bridgehead atoms. The van der Waals surface area contributed by atoms with E-state index in [0.29, 0.717) is 28.7 Å². The first-order valence-electron chi connectivity index (χ1n) is 5.54. The van der Waals surface area contributed by atoms with Gasteiger partial charge in [-0.3, -0.25) is 14.9 Å². The van der Waals surface area contributed by atoms with E-state index in [9.17, 15) is 14.9 Å². The molecule has 0 atom stereocenters. The number of nitro groups is 1. The quantitative estimate of drug-likeness (QED) is 0.479. The van der Waals surface area contributed by atoms with E-state index >= 15 is 0 Å². The van der Waals surface area contributed by atoms with Crippen LogP contribution in [0.25, 0.3) is 11.1 Å². The molecule has 96 valence electrons. The number of carbonyl (C=O) groups excluding carboxylic acids is 1. The maximum absolute atomic E-state index is 11.0. The average Bonchev–Trinajstić information content (AvgIpc) is 2.46. The lowest BCUT2D eigenvalue weighted by Crippen LogP contribution is -1.94. The van der Waals surface area contributed by atoms with Gasteiger partial charge in [0.25, 0.3) is 5.69 Å². The summed E-state index contributed by atoms with van der Waals surface area (Å²) in [4.78, 5) is 21.3. The predicted molar refractivity (Wildman–Crippen MR) is 70.5 cm³/mol. The third-order valence-corrected chi connectivity index (χ3v) is 2.74. The zero-order chi connectivity index (χ0) is 13.8. The molecule has 0 aliphatic carbocycles. The van der Waals surface area contributed by atoms with Gasteiger partial charge in [-0.2, -0.15) is 0 Å². The molecule has 0 saturated heterocycles. The topological polar surface area (TPSA) is 69.4 Å². The third-order valence-electron chi connectivity index (χ3n) is 2.74. The minimum absolute atomic E-state index is 0.00365. The van der Waals surface area contributed by atoms with Crippen LogP contribution in [0.15, 0.2) is 42.5 Å². The number of ether oxygens (including phenoxy) is 1. The van der Waals surface area contributed by atoms with Gasteiger partial charge in [0.2, 0.25) is 0 Å². The number of methoxy groups -OCH3 is 1. The van der Waals surface area contributed by atoms with Crippen LogP contribution in [0.3, 0.4) is 0 Å². The summed E-state index contributed by atoms with van der Waals surface area (Å²) in [5.74, 6) is 0.415. The lowest BCUT2D eigenvalue weighted by atomic mass is 10.0. The van der Waals surface area contributed by atoms with Crippen molar-refractivity contribution in [2.24, 2.45) is 0 Å². The Morgan fingerprint density at radius 2 is 1.95 bits per heavy atom. The van der Waals surface area contributed by atoms with Gasteiger partial charge in [-0.1, -0.05) is 24.3 Å². The van der Waals surface area contributed by atoms with E-state index in [1.54, 1.807) is 30.3 Å². The largest absolute Gasteiger partial charge is 0.495 e. The molecule has 0 amide bonds. The first-order valence-corrected chi connectivity index (χ1v) is 5.54. The number of nitrogens with zero attached hydrogens (tertiary/aromatic N) is 1. The standard InChI is InChI=1S/C14H11NO4/c1-19-14-11(9-16)5-3-7-13(14)10-4-2-6-12(8-10)15(17)18/h2-9H,1H3. The summed E-state index contributed by atoms with van der Waals surface area (Å²) in [6.07, 6.45) is 0.694. The van der Waals surface area contributed by atoms with Crippen LogP contribution in [0.5, 0.6) is 5.75 Å². The minimum Gasteiger partial charge on any atom is -0.495 e. The van der Waals surface area contributed by atoms with Gasteiger partial charge in [0.1, 0.15) is 5.75 Å². The molecule has 0 N–H and O–H groups in total. The van der Waals surface area contributed by atoms with Crippen molar-refractivity contribution in [3.63, 3.8) is 0 Å². The Morgan fingerprint density at radius 3 is 2.58 bits per heavy atom. The van der Waals surface area contributed by atoms with Crippen LogP contribution in [-0.2, 0) is 0 Å². The van der Waals surface area contributed by atoms with Gasteiger partial charge >= 0.3 is 0 Å². The molecular weight excluding hydrogens is 246 g/mol. The molecule has 5 heteroatoms. The first kappa shape index (κ1) is 12.8. The van der Waals surface area contributed by atoms with E-state index in [1.807, 2.05) is 0 Å². The van der Waals surface area contributed by atoms with Crippen LogP contribution in [0.1, 0.15) is 10.4 Å². The van der Waals surface area contributed by atoms with E-state index in [-0.39, 0.29) is 5.69 Å². The summed E-state index contributed by atoms with van der Waals surface area (Å²) in [5, 5.41) is 10.8. The number of rotatable bonds is 4. The second-order valence-electron chi connectivity index (χ2n) is 3.85. The van der Waals surface area contributed by atoms with Crippen molar-refractivity contribution in [2.45, 2.75) is 0 Å². The summed E-state index contributed by atoms with van der Waals surface area (Å²) in [5.41, 5.74) is 1.69. The van der Waals surface area contributed by atoms with Crippen molar-refractivity contribution >= 4 is 12.0 Å². The number of para-hydroxylation sites is 1. The Kier molecular flexibility index (Phi) is 3.56. The molecule has 2 aromatic rings. The molecule has 5 nitrogen and oxygen atoms in total. The molecule has 0 unspecified atom stereocenters. The molecule has 0 aliphatic heterocycles. The van der Waals surface area contributed by atoms with E-state index < -0.39 is 4.92 Å². The summed E-state index contributed by atoms with van der Waals surface area (Å²) in [6, 6.07) is 11.3. The zero-order valence-electron chi connectivity index (χ0n) is 10.2. The second kappa shape index (κ2) is 5.30. The molecule has 2 aromatic carbocycles. The van der Waals surface area contributed by atoms with Gasteiger partial charge in [-0.25, -0.2) is 0 Å². The molecule has 0 saturated carbocycles. The van der Waals surface area contributed by atoms with Crippen LogP contribution in [0.2, 0.25) is 0 Å². The Morgan fingerprint density at radius 1 is 1.21 bits per heavy atom. The van der Waals surface area contributed by atoms with Gasteiger partial charge in [0, 0.05) is 17.7 Å². The van der Waals surface area contributed by atoms with Gasteiger partial charge in [-0.05, 0) is 11.6 Å². The SMILES string of the molecule is COc1c(C=O)cccc1-c1cccc([N+](=O)[O-])c1. The van der Waals surface area contributed by atoms with Crippen LogP contribution in [0.4, 0.5) is 5.69 Å². The lowest BCUT2D eigenvalue weighted by molar-refractivity contribution is -0.384. The molecule has 0 aliphatic rings. The molecule has 19 heavy (non-hydrogen) atoms. The second-order valence-corrected chi connectivity index (χ2v) is 3.85. The van der Waals surface area contributed by atoms with Crippen molar-refractivity contribution in [1.29, 1.82) is 0 Å². The van der Waals surface area contributed by atoms with Crippen LogP contribution < -0.4 is 4.74 Å².